The molecule has 0 radical (unpaired) electrons. The molecule has 1 aromatic carbocycles. The lowest BCUT2D eigenvalue weighted by atomic mass is 10.0. The van der Waals surface area contributed by atoms with Crippen LogP contribution in [-0.4, -0.2) is 46.6 Å². The molecule has 2 fully saturated rings. The monoisotopic (exact) mass is 354 g/mol. The Labute approximate surface area is 140 Å². The van der Waals surface area contributed by atoms with Gasteiger partial charge in [-0.25, -0.2) is 0 Å². The lowest BCUT2D eigenvalue weighted by molar-refractivity contribution is -0.393. The number of thioether (sulfide) groups is 1. The van der Waals surface area contributed by atoms with Crippen LogP contribution in [0.3, 0.4) is 0 Å². The molecule has 3 rings (SSSR count). The van der Waals surface area contributed by atoms with Crippen LogP contribution in [0.1, 0.15) is 0 Å². The molecule has 128 valence electrons. The number of hydrogen-bond acceptors (Lipinski definition) is 9. The van der Waals surface area contributed by atoms with Gasteiger partial charge >= 0.3 is 5.69 Å². The highest BCUT2D eigenvalue weighted by Crippen LogP contribution is 2.39. The number of rotatable bonds is 5. The number of benzene rings is 1. The van der Waals surface area contributed by atoms with E-state index in [2.05, 4.69) is 10.5 Å². The lowest BCUT2D eigenvalue weighted by Crippen LogP contribution is -2.39. The highest BCUT2D eigenvalue weighted by atomic mass is 32.2. The number of nitro benzene ring substituents is 2. The van der Waals surface area contributed by atoms with Crippen molar-refractivity contribution in [3.63, 3.8) is 0 Å². The summed E-state index contributed by atoms with van der Waals surface area (Å²) in [7, 11) is 0. The van der Waals surface area contributed by atoms with E-state index in [1.807, 2.05) is 0 Å². The Morgan fingerprint density at radius 3 is 2.71 bits per heavy atom. The number of nitrogens with zero attached hydrogens (tertiary/aromatic N) is 3. The minimum atomic E-state index is -0.693. The molecule has 2 aliphatic heterocycles. The molecule has 0 aromatic heterocycles. The van der Waals surface area contributed by atoms with E-state index in [4.69, 9.17) is 9.47 Å². The topological polar surface area (TPSA) is 129 Å². The zero-order valence-corrected chi connectivity index (χ0v) is 13.2. The van der Waals surface area contributed by atoms with Crippen LogP contribution in [0.25, 0.3) is 0 Å². The Morgan fingerprint density at radius 1 is 1.29 bits per heavy atom. The van der Waals surface area contributed by atoms with Crippen LogP contribution in [-0.2, 0) is 9.47 Å². The van der Waals surface area contributed by atoms with Gasteiger partial charge in [0.05, 0.1) is 35.0 Å². The number of anilines is 1. The fraction of sp³-hybridized carbons (Fsp3) is 0.462. The van der Waals surface area contributed by atoms with Crippen LogP contribution in [0.5, 0.6) is 0 Å². The van der Waals surface area contributed by atoms with Crippen LogP contribution in [0.2, 0.25) is 0 Å². The summed E-state index contributed by atoms with van der Waals surface area (Å²) in [6.45, 7) is 1.07. The van der Waals surface area contributed by atoms with Gasteiger partial charge in [-0.3, -0.25) is 25.7 Å². The molecular weight excluding hydrogens is 340 g/mol. The molecule has 0 saturated carbocycles. The first-order valence-corrected chi connectivity index (χ1v) is 8.25. The van der Waals surface area contributed by atoms with Gasteiger partial charge in [-0.2, -0.15) is 16.9 Å². The zero-order valence-electron chi connectivity index (χ0n) is 12.4. The molecule has 1 N–H and O–H groups in total. The Balaban J connectivity index is 1.74. The molecule has 2 heterocycles. The molecule has 2 aliphatic rings. The molecule has 2 saturated heterocycles. The minimum Gasteiger partial charge on any atom is -0.346 e. The zero-order chi connectivity index (χ0) is 17.2. The predicted molar refractivity (Wildman–Crippen MR) is 87.3 cm³/mol. The summed E-state index contributed by atoms with van der Waals surface area (Å²) in [6.07, 6.45) is 1.61. The molecular formula is C13H14N4O6S. The molecule has 0 bridgehead atoms. The van der Waals surface area contributed by atoms with E-state index in [0.717, 1.165) is 11.8 Å². The summed E-state index contributed by atoms with van der Waals surface area (Å²) in [5.41, 5.74) is 1.89. The van der Waals surface area contributed by atoms with Gasteiger partial charge in [0.25, 0.3) is 5.69 Å². The van der Waals surface area contributed by atoms with Crippen molar-refractivity contribution in [3.05, 3.63) is 38.4 Å². The first kappa shape index (κ1) is 16.6. The van der Waals surface area contributed by atoms with Gasteiger partial charge in [-0.05, 0) is 6.07 Å². The Bertz CT molecular complexity index is 686. The average Bonchev–Trinajstić information content (AvgIpc) is 3.18. The number of nitrogens with one attached hydrogen (secondary N) is 1. The lowest BCUT2D eigenvalue weighted by Gasteiger charge is -2.25. The maximum absolute atomic E-state index is 11.1. The average molecular weight is 354 g/mol. The van der Waals surface area contributed by atoms with E-state index in [1.54, 1.807) is 18.0 Å². The van der Waals surface area contributed by atoms with E-state index >= 15 is 0 Å². The van der Waals surface area contributed by atoms with E-state index in [9.17, 15) is 20.2 Å². The third-order valence-electron chi connectivity index (χ3n) is 3.77. The van der Waals surface area contributed by atoms with Crippen molar-refractivity contribution in [2.75, 3.05) is 30.1 Å². The van der Waals surface area contributed by atoms with Crippen molar-refractivity contribution in [2.24, 2.45) is 11.0 Å². The van der Waals surface area contributed by atoms with E-state index in [-0.39, 0.29) is 17.3 Å². The Kier molecular flexibility index (Phi) is 4.64. The van der Waals surface area contributed by atoms with Crippen molar-refractivity contribution >= 4 is 35.0 Å². The van der Waals surface area contributed by atoms with Gasteiger partial charge in [0.2, 0.25) is 0 Å². The highest BCUT2D eigenvalue weighted by Gasteiger charge is 2.47. The predicted octanol–water partition coefficient (Wildman–Crippen LogP) is 2.01. The first-order chi connectivity index (χ1) is 11.5. The highest BCUT2D eigenvalue weighted by molar-refractivity contribution is 7.99. The molecule has 0 amide bonds. The van der Waals surface area contributed by atoms with Crippen molar-refractivity contribution in [3.8, 4) is 0 Å². The van der Waals surface area contributed by atoms with Crippen LogP contribution in [0.15, 0.2) is 23.3 Å². The second-order valence-corrected chi connectivity index (χ2v) is 6.27. The van der Waals surface area contributed by atoms with Crippen LogP contribution < -0.4 is 5.43 Å². The first-order valence-electron chi connectivity index (χ1n) is 7.09. The smallest absolute Gasteiger partial charge is 0.301 e. The van der Waals surface area contributed by atoms with Crippen molar-refractivity contribution < 1.29 is 19.3 Å². The summed E-state index contributed by atoms with van der Waals surface area (Å²) in [5, 5.41) is 25.8. The third-order valence-corrected chi connectivity index (χ3v) is 4.97. The molecule has 24 heavy (non-hydrogen) atoms. The number of hydrazone groups is 1. The van der Waals surface area contributed by atoms with Crippen LogP contribution in [0.4, 0.5) is 17.1 Å². The van der Waals surface area contributed by atoms with Gasteiger partial charge in [-0.15, -0.1) is 0 Å². The maximum Gasteiger partial charge on any atom is 0.301 e. The summed E-state index contributed by atoms with van der Waals surface area (Å²) in [6, 6.07) is 3.34. The van der Waals surface area contributed by atoms with Crippen LogP contribution in [0, 0.1) is 26.1 Å². The normalized spacial score (nSPS) is 22.2. The SMILES string of the molecule is O=[N+]([O-])c1ccc(N/N=C/C2CSCC23OCCO3)c([N+](=O)[O-])c1. The van der Waals surface area contributed by atoms with Crippen molar-refractivity contribution in [2.45, 2.75) is 5.79 Å². The van der Waals surface area contributed by atoms with Gasteiger partial charge in [0, 0.05) is 23.8 Å². The van der Waals surface area contributed by atoms with Crippen LogP contribution >= 0.6 is 11.8 Å². The standard InChI is InChI=1S/C13H14N4O6S/c18-16(19)10-1-2-11(12(5-10)17(20)21)15-14-6-9-7-24-8-13(9)22-3-4-23-13/h1-2,5-6,9,15H,3-4,7-8H2/b14-6+. The Hall–Kier alpha value is -2.24. The van der Waals surface area contributed by atoms with Gasteiger partial charge in [-0.1, -0.05) is 0 Å². The second kappa shape index (κ2) is 6.71. The molecule has 0 aliphatic carbocycles. The molecule has 11 heteroatoms. The number of non-ortho nitro benzene ring substituents is 1. The quantitative estimate of drug-likeness (QED) is 0.483. The van der Waals surface area contributed by atoms with E-state index in [0.29, 0.717) is 19.0 Å². The summed E-state index contributed by atoms with van der Waals surface area (Å²) >= 11 is 1.69. The summed E-state index contributed by atoms with van der Waals surface area (Å²) < 4.78 is 11.4. The molecule has 1 unspecified atom stereocenters. The summed E-state index contributed by atoms with van der Waals surface area (Å²) in [5.74, 6) is 0.737. The third kappa shape index (κ3) is 3.18. The van der Waals surface area contributed by atoms with E-state index < -0.39 is 21.3 Å². The fourth-order valence-electron chi connectivity index (χ4n) is 2.56. The maximum atomic E-state index is 11.1. The van der Waals surface area contributed by atoms with Gasteiger partial charge in [0.1, 0.15) is 5.69 Å². The summed E-state index contributed by atoms with van der Waals surface area (Å²) in [4.78, 5) is 20.4. The minimum absolute atomic E-state index is 0.0744. The largest absolute Gasteiger partial charge is 0.346 e. The van der Waals surface area contributed by atoms with Gasteiger partial charge < -0.3 is 9.47 Å². The second-order valence-electron chi connectivity index (χ2n) is 5.24. The number of nitro groups is 2. The molecule has 1 spiro atoms. The van der Waals surface area contributed by atoms with E-state index in [1.165, 1.54) is 12.1 Å². The number of hydrogen-bond donors (Lipinski definition) is 1. The molecule has 1 atom stereocenters. The van der Waals surface area contributed by atoms with Gasteiger partial charge in [0.15, 0.2) is 5.79 Å². The number of ether oxygens (including phenoxy) is 2. The Morgan fingerprint density at radius 2 is 2.04 bits per heavy atom. The molecule has 1 aromatic rings. The molecule has 10 nitrogen and oxygen atoms in total. The fourth-order valence-corrected chi connectivity index (χ4v) is 3.94. The van der Waals surface area contributed by atoms with Crippen molar-refractivity contribution in [1.82, 2.24) is 0 Å². The van der Waals surface area contributed by atoms with Crippen molar-refractivity contribution in [1.29, 1.82) is 0 Å².